The lowest BCUT2D eigenvalue weighted by molar-refractivity contribution is 0.370. The first-order chi connectivity index (χ1) is 7.10. The highest BCUT2D eigenvalue weighted by atomic mass is 16.5. The Morgan fingerprint density at radius 3 is 2.40 bits per heavy atom. The summed E-state index contributed by atoms with van der Waals surface area (Å²) in [4.78, 5) is 0. The average molecular weight is 209 g/mol. The Bertz CT molecular complexity index is 323. The molecule has 1 aromatic rings. The van der Waals surface area contributed by atoms with E-state index in [1.165, 1.54) is 0 Å². The SMILES string of the molecule is CNC(c1ccc(OC)c(O)c1)C(C)C. The van der Waals surface area contributed by atoms with Crippen LogP contribution < -0.4 is 10.1 Å². The molecule has 1 aromatic carbocycles. The Morgan fingerprint density at radius 2 is 2.00 bits per heavy atom. The molecule has 0 saturated heterocycles. The van der Waals surface area contributed by atoms with Gasteiger partial charge in [-0.3, -0.25) is 0 Å². The van der Waals surface area contributed by atoms with Crippen LogP contribution in [-0.2, 0) is 0 Å². The third kappa shape index (κ3) is 2.63. The molecule has 3 heteroatoms. The molecular formula is C12H19NO2. The summed E-state index contributed by atoms with van der Waals surface area (Å²) in [6.07, 6.45) is 0. The second kappa shape index (κ2) is 5.03. The van der Waals surface area contributed by atoms with Gasteiger partial charge in [0.15, 0.2) is 11.5 Å². The number of phenolic OH excluding ortho intramolecular Hbond substituents is 1. The van der Waals surface area contributed by atoms with Gasteiger partial charge in [-0.05, 0) is 30.7 Å². The maximum Gasteiger partial charge on any atom is 0.160 e. The standard InChI is InChI=1S/C12H19NO2/c1-8(2)12(13-3)9-5-6-11(15-4)10(14)7-9/h5-8,12-14H,1-4H3. The van der Waals surface area contributed by atoms with Crippen molar-refractivity contribution in [1.82, 2.24) is 5.32 Å². The molecule has 0 amide bonds. The summed E-state index contributed by atoms with van der Waals surface area (Å²) in [5, 5.41) is 12.9. The van der Waals surface area contributed by atoms with E-state index in [0.717, 1.165) is 5.56 Å². The van der Waals surface area contributed by atoms with Gasteiger partial charge in [0.05, 0.1) is 7.11 Å². The highest BCUT2D eigenvalue weighted by Gasteiger charge is 2.14. The molecule has 0 fully saturated rings. The third-order valence-corrected chi connectivity index (χ3v) is 2.54. The molecule has 0 aliphatic heterocycles. The molecule has 0 heterocycles. The molecule has 1 atom stereocenters. The first kappa shape index (κ1) is 11.9. The van der Waals surface area contributed by atoms with E-state index < -0.39 is 0 Å². The van der Waals surface area contributed by atoms with Crippen molar-refractivity contribution in [2.45, 2.75) is 19.9 Å². The lowest BCUT2D eigenvalue weighted by atomic mass is 9.96. The molecule has 84 valence electrons. The minimum absolute atomic E-state index is 0.191. The van der Waals surface area contributed by atoms with Gasteiger partial charge in [0, 0.05) is 6.04 Å². The number of ether oxygens (including phenoxy) is 1. The third-order valence-electron chi connectivity index (χ3n) is 2.54. The molecular weight excluding hydrogens is 190 g/mol. The Labute approximate surface area is 91.1 Å². The summed E-state index contributed by atoms with van der Waals surface area (Å²) in [6, 6.07) is 5.76. The number of hydrogen-bond acceptors (Lipinski definition) is 3. The molecule has 0 spiro atoms. The van der Waals surface area contributed by atoms with Crippen LogP contribution in [0.2, 0.25) is 0 Å². The largest absolute Gasteiger partial charge is 0.504 e. The van der Waals surface area contributed by atoms with Crippen molar-refractivity contribution in [1.29, 1.82) is 0 Å². The van der Waals surface area contributed by atoms with E-state index in [9.17, 15) is 5.11 Å². The molecule has 1 unspecified atom stereocenters. The smallest absolute Gasteiger partial charge is 0.160 e. The van der Waals surface area contributed by atoms with Gasteiger partial charge in [0.1, 0.15) is 0 Å². The highest BCUT2D eigenvalue weighted by Crippen LogP contribution is 2.30. The molecule has 0 saturated carbocycles. The zero-order valence-electron chi connectivity index (χ0n) is 9.74. The van der Waals surface area contributed by atoms with Gasteiger partial charge in [0.2, 0.25) is 0 Å². The Hall–Kier alpha value is -1.22. The minimum Gasteiger partial charge on any atom is -0.504 e. The fraction of sp³-hybridized carbons (Fsp3) is 0.500. The molecule has 0 radical (unpaired) electrons. The van der Waals surface area contributed by atoms with E-state index in [1.807, 2.05) is 13.1 Å². The van der Waals surface area contributed by atoms with Crippen LogP contribution in [0.1, 0.15) is 25.5 Å². The second-order valence-corrected chi connectivity index (χ2v) is 3.94. The lowest BCUT2D eigenvalue weighted by Crippen LogP contribution is -2.21. The van der Waals surface area contributed by atoms with Gasteiger partial charge in [-0.25, -0.2) is 0 Å². The summed E-state index contributed by atoms with van der Waals surface area (Å²) in [6.45, 7) is 4.28. The highest BCUT2D eigenvalue weighted by molar-refractivity contribution is 5.42. The fourth-order valence-corrected chi connectivity index (χ4v) is 1.79. The van der Waals surface area contributed by atoms with Crippen LogP contribution >= 0.6 is 0 Å². The van der Waals surface area contributed by atoms with Crippen molar-refractivity contribution in [2.75, 3.05) is 14.2 Å². The van der Waals surface area contributed by atoms with Crippen molar-refractivity contribution in [3.8, 4) is 11.5 Å². The second-order valence-electron chi connectivity index (χ2n) is 3.94. The van der Waals surface area contributed by atoms with Gasteiger partial charge in [-0.15, -0.1) is 0 Å². The number of benzene rings is 1. The normalized spacial score (nSPS) is 12.9. The van der Waals surface area contributed by atoms with Crippen LogP contribution in [0.15, 0.2) is 18.2 Å². The summed E-state index contributed by atoms with van der Waals surface area (Å²) in [7, 11) is 3.47. The number of methoxy groups -OCH3 is 1. The van der Waals surface area contributed by atoms with Gasteiger partial charge < -0.3 is 15.2 Å². The topological polar surface area (TPSA) is 41.5 Å². The van der Waals surface area contributed by atoms with E-state index in [2.05, 4.69) is 19.2 Å². The molecule has 0 aliphatic rings. The van der Waals surface area contributed by atoms with Crippen LogP contribution in [0.25, 0.3) is 0 Å². The number of rotatable bonds is 4. The van der Waals surface area contributed by atoms with Crippen molar-refractivity contribution in [3.05, 3.63) is 23.8 Å². The average Bonchev–Trinajstić information content (AvgIpc) is 2.18. The molecule has 0 aliphatic carbocycles. The predicted molar refractivity (Wildman–Crippen MR) is 61.3 cm³/mol. The minimum atomic E-state index is 0.191. The first-order valence-corrected chi connectivity index (χ1v) is 5.14. The Balaban J connectivity index is 3.00. The van der Waals surface area contributed by atoms with Gasteiger partial charge >= 0.3 is 0 Å². The first-order valence-electron chi connectivity index (χ1n) is 5.14. The van der Waals surface area contributed by atoms with Crippen molar-refractivity contribution in [2.24, 2.45) is 5.92 Å². The molecule has 15 heavy (non-hydrogen) atoms. The van der Waals surface area contributed by atoms with Crippen LogP contribution in [0.5, 0.6) is 11.5 Å². The van der Waals surface area contributed by atoms with Crippen molar-refractivity contribution >= 4 is 0 Å². The van der Waals surface area contributed by atoms with E-state index in [1.54, 1.807) is 19.2 Å². The number of phenols is 1. The van der Waals surface area contributed by atoms with Crippen molar-refractivity contribution in [3.63, 3.8) is 0 Å². The zero-order chi connectivity index (χ0) is 11.4. The molecule has 0 bridgehead atoms. The van der Waals surface area contributed by atoms with E-state index >= 15 is 0 Å². The molecule has 1 rings (SSSR count). The van der Waals surface area contributed by atoms with E-state index in [-0.39, 0.29) is 11.8 Å². The van der Waals surface area contributed by atoms with Crippen LogP contribution in [0, 0.1) is 5.92 Å². The molecule has 3 nitrogen and oxygen atoms in total. The quantitative estimate of drug-likeness (QED) is 0.799. The monoisotopic (exact) mass is 209 g/mol. The van der Waals surface area contributed by atoms with Crippen LogP contribution in [0.3, 0.4) is 0 Å². The Morgan fingerprint density at radius 1 is 1.33 bits per heavy atom. The zero-order valence-corrected chi connectivity index (χ0v) is 9.74. The van der Waals surface area contributed by atoms with Crippen LogP contribution in [0.4, 0.5) is 0 Å². The van der Waals surface area contributed by atoms with Crippen LogP contribution in [-0.4, -0.2) is 19.3 Å². The number of aromatic hydroxyl groups is 1. The number of nitrogens with one attached hydrogen (secondary N) is 1. The lowest BCUT2D eigenvalue weighted by Gasteiger charge is -2.21. The van der Waals surface area contributed by atoms with E-state index in [4.69, 9.17) is 4.74 Å². The van der Waals surface area contributed by atoms with E-state index in [0.29, 0.717) is 11.7 Å². The molecule has 2 N–H and O–H groups in total. The summed E-state index contributed by atoms with van der Waals surface area (Å²) in [5.74, 6) is 1.18. The fourth-order valence-electron chi connectivity index (χ4n) is 1.79. The van der Waals surface area contributed by atoms with Gasteiger partial charge in [-0.2, -0.15) is 0 Å². The van der Waals surface area contributed by atoms with Gasteiger partial charge in [-0.1, -0.05) is 19.9 Å². The van der Waals surface area contributed by atoms with Crippen molar-refractivity contribution < 1.29 is 9.84 Å². The summed E-state index contributed by atoms with van der Waals surface area (Å²) >= 11 is 0. The summed E-state index contributed by atoms with van der Waals surface area (Å²) in [5.41, 5.74) is 1.07. The maximum absolute atomic E-state index is 9.66. The summed E-state index contributed by atoms with van der Waals surface area (Å²) < 4.78 is 5.00. The molecule has 0 aromatic heterocycles. The maximum atomic E-state index is 9.66. The predicted octanol–water partition coefficient (Wildman–Crippen LogP) is 2.32. The Kier molecular flexibility index (Phi) is 3.97. The number of hydrogen-bond donors (Lipinski definition) is 2. The van der Waals surface area contributed by atoms with Gasteiger partial charge in [0.25, 0.3) is 0 Å².